The normalized spacial score (nSPS) is 10.2. The molecule has 0 aliphatic heterocycles. The van der Waals surface area contributed by atoms with Crippen molar-refractivity contribution in [3.8, 4) is 0 Å². The maximum atomic E-state index is 12.5. The topological polar surface area (TPSA) is 188 Å². The molecule has 0 aromatic heterocycles. The van der Waals surface area contributed by atoms with E-state index in [-0.39, 0.29) is 33.9 Å². The summed E-state index contributed by atoms with van der Waals surface area (Å²) in [5.41, 5.74) is -1.46. The first-order chi connectivity index (χ1) is 15.7. The predicted octanol–water partition coefficient (Wildman–Crippen LogP) is 3.92. The first kappa shape index (κ1) is 22.5. The van der Waals surface area contributed by atoms with E-state index in [0.29, 0.717) is 0 Å². The van der Waals surface area contributed by atoms with Crippen molar-refractivity contribution in [2.75, 3.05) is 10.6 Å². The zero-order valence-electron chi connectivity index (χ0n) is 16.5. The summed E-state index contributed by atoms with van der Waals surface area (Å²) in [7, 11) is 0. The first-order valence-corrected chi connectivity index (χ1v) is 9.06. The molecule has 0 radical (unpaired) electrons. The van der Waals surface area contributed by atoms with Gasteiger partial charge in [0.25, 0.3) is 28.9 Å². The Morgan fingerprint density at radius 1 is 0.636 bits per heavy atom. The molecule has 13 nitrogen and oxygen atoms in total. The number of benzene rings is 3. The van der Waals surface area contributed by atoms with Crippen molar-refractivity contribution >= 4 is 40.3 Å². The van der Waals surface area contributed by atoms with Crippen LogP contribution in [0.15, 0.2) is 66.7 Å². The summed E-state index contributed by atoms with van der Waals surface area (Å²) < 4.78 is 0. The van der Waals surface area contributed by atoms with Gasteiger partial charge in [0.2, 0.25) is 0 Å². The second-order valence-corrected chi connectivity index (χ2v) is 6.51. The third-order valence-corrected chi connectivity index (χ3v) is 4.34. The molecule has 3 aromatic carbocycles. The maximum absolute atomic E-state index is 12.5. The smallest absolute Gasteiger partial charge is 0.292 e. The average Bonchev–Trinajstić information content (AvgIpc) is 2.79. The van der Waals surface area contributed by atoms with Crippen LogP contribution < -0.4 is 10.6 Å². The molecular formula is C20H13N5O8. The lowest BCUT2D eigenvalue weighted by Gasteiger charge is -2.10. The lowest BCUT2D eigenvalue weighted by atomic mass is 10.1. The lowest BCUT2D eigenvalue weighted by molar-refractivity contribution is -0.385. The van der Waals surface area contributed by atoms with Gasteiger partial charge in [-0.2, -0.15) is 0 Å². The molecule has 0 bridgehead atoms. The lowest BCUT2D eigenvalue weighted by Crippen LogP contribution is -2.15. The van der Waals surface area contributed by atoms with E-state index in [9.17, 15) is 39.9 Å². The number of carbonyl (C=O) groups is 2. The van der Waals surface area contributed by atoms with Gasteiger partial charge in [0.05, 0.1) is 14.8 Å². The predicted molar refractivity (Wildman–Crippen MR) is 115 cm³/mol. The van der Waals surface area contributed by atoms with Gasteiger partial charge in [-0.15, -0.1) is 0 Å². The number of nitro groups is 3. The van der Waals surface area contributed by atoms with Gasteiger partial charge < -0.3 is 10.6 Å². The SMILES string of the molecule is O=C(Nc1ccc([N+](=O)[O-])c(NC(=O)c2cccc([N+](=O)[O-])c2)c1)c1cccc([N+](=O)[O-])c1. The molecular weight excluding hydrogens is 438 g/mol. The first-order valence-electron chi connectivity index (χ1n) is 9.06. The van der Waals surface area contributed by atoms with Gasteiger partial charge >= 0.3 is 0 Å². The molecule has 33 heavy (non-hydrogen) atoms. The van der Waals surface area contributed by atoms with Crippen LogP contribution in [0.4, 0.5) is 28.4 Å². The van der Waals surface area contributed by atoms with Gasteiger partial charge in [-0.25, -0.2) is 0 Å². The minimum Gasteiger partial charge on any atom is -0.322 e. The average molecular weight is 451 g/mol. The van der Waals surface area contributed by atoms with Crippen LogP contribution in [-0.4, -0.2) is 26.6 Å². The van der Waals surface area contributed by atoms with Gasteiger partial charge in [-0.3, -0.25) is 39.9 Å². The quantitative estimate of drug-likeness (QED) is 0.399. The number of nitrogens with one attached hydrogen (secondary N) is 2. The Labute approximate surface area is 184 Å². The largest absolute Gasteiger partial charge is 0.322 e. The fourth-order valence-electron chi connectivity index (χ4n) is 2.79. The van der Waals surface area contributed by atoms with Crippen LogP contribution in [0.25, 0.3) is 0 Å². The second-order valence-electron chi connectivity index (χ2n) is 6.51. The van der Waals surface area contributed by atoms with Crippen LogP contribution >= 0.6 is 0 Å². The number of nitrogens with zero attached hydrogens (tertiary/aromatic N) is 3. The standard InChI is InChI=1S/C20H13N5O8/c26-19(12-3-1-5-15(9-12)23(28)29)21-14-7-8-18(25(32)33)17(11-14)22-20(27)13-4-2-6-16(10-13)24(30)31/h1-11H,(H,21,26)(H,22,27). The summed E-state index contributed by atoms with van der Waals surface area (Å²) in [6.07, 6.45) is 0. The molecule has 3 aromatic rings. The molecule has 2 N–H and O–H groups in total. The molecule has 0 fully saturated rings. The number of rotatable bonds is 7. The summed E-state index contributed by atoms with van der Waals surface area (Å²) in [5, 5.41) is 37.9. The maximum Gasteiger partial charge on any atom is 0.292 e. The number of hydrogen-bond acceptors (Lipinski definition) is 8. The fourth-order valence-corrected chi connectivity index (χ4v) is 2.79. The van der Waals surface area contributed by atoms with E-state index < -0.39 is 32.3 Å². The van der Waals surface area contributed by atoms with Gasteiger partial charge in [-0.05, 0) is 24.3 Å². The number of nitro benzene ring substituents is 3. The van der Waals surface area contributed by atoms with Crippen molar-refractivity contribution < 1.29 is 24.4 Å². The molecule has 0 heterocycles. The molecule has 0 spiro atoms. The van der Waals surface area contributed by atoms with E-state index in [4.69, 9.17) is 0 Å². The Morgan fingerprint density at radius 2 is 1.15 bits per heavy atom. The summed E-state index contributed by atoms with van der Waals surface area (Å²) in [5.74, 6) is -1.56. The molecule has 2 amide bonds. The van der Waals surface area contributed by atoms with Gasteiger partial charge in [0.1, 0.15) is 5.69 Å². The molecule has 0 atom stereocenters. The van der Waals surface area contributed by atoms with Gasteiger partial charge in [-0.1, -0.05) is 12.1 Å². The number of carbonyl (C=O) groups excluding carboxylic acids is 2. The van der Waals surface area contributed by atoms with E-state index in [1.165, 1.54) is 42.5 Å². The van der Waals surface area contributed by atoms with Crippen LogP contribution in [0, 0.1) is 30.3 Å². The molecule has 13 heteroatoms. The molecule has 0 aliphatic rings. The minimum absolute atomic E-state index is 0.0234. The van der Waals surface area contributed by atoms with Crippen LogP contribution in [0.5, 0.6) is 0 Å². The summed E-state index contributed by atoms with van der Waals surface area (Å²) in [6.45, 7) is 0. The number of non-ortho nitro benzene ring substituents is 2. The minimum atomic E-state index is -0.844. The monoisotopic (exact) mass is 451 g/mol. The molecule has 3 rings (SSSR count). The molecule has 0 saturated heterocycles. The van der Waals surface area contributed by atoms with Crippen LogP contribution in [0.2, 0.25) is 0 Å². The summed E-state index contributed by atoms with van der Waals surface area (Å²) >= 11 is 0. The van der Waals surface area contributed by atoms with E-state index in [0.717, 1.165) is 24.3 Å². The van der Waals surface area contributed by atoms with E-state index in [1.54, 1.807) is 0 Å². The Morgan fingerprint density at radius 3 is 1.64 bits per heavy atom. The van der Waals surface area contributed by atoms with Crippen LogP contribution in [0.3, 0.4) is 0 Å². The van der Waals surface area contributed by atoms with E-state index in [1.807, 2.05) is 0 Å². The number of amides is 2. The van der Waals surface area contributed by atoms with Crippen molar-refractivity contribution in [1.29, 1.82) is 0 Å². The van der Waals surface area contributed by atoms with Crippen molar-refractivity contribution in [3.63, 3.8) is 0 Å². The van der Waals surface area contributed by atoms with Crippen LogP contribution in [0.1, 0.15) is 20.7 Å². The highest BCUT2D eigenvalue weighted by molar-refractivity contribution is 6.07. The third-order valence-electron chi connectivity index (χ3n) is 4.34. The summed E-state index contributed by atoms with van der Waals surface area (Å²) in [6, 6.07) is 13.1. The molecule has 0 saturated carbocycles. The highest BCUT2D eigenvalue weighted by atomic mass is 16.6. The third kappa shape index (κ3) is 5.29. The van der Waals surface area contributed by atoms with Crippen molar-refractivity contribution in [2.45, 2.75) is 0 Å². The van der Waals surface area contributed by atoms with Crippen molar-refractivity contribution in [3.05, 3.63) is 108 Å². The zero-order chi connectivity index (χ0) is 24.1. The molecule has 0 aliphatic carbocycles. The van der Waals surface area contributed by atoms with Crippen LogP contribution in [-0.2, 0) is 0 Å². The molecule has 0 unspecified atom stereocenters. The Bertz CT molecular complexity index is 1310. The Hall–Kier alpha value is -5.20. The Kier molecular flexibility index (Phi) is 6.34. The van der Waals surface area contributed by atoms with Crippen molar-refractivity contribution in [2.24, 2.45) is 0 Å². The fraction of sp³-hybridized carbons (Fsp3) is 0. The number of hydrogen-bond donors (Lipinski definition) is 2. The summed E-state index contributed by atoms with van der Waals surface area (Å²) in [4.78, 5) is 56.0. The highest BCUT2D eigenvalue weighted by Gasteiger charge is 2.20. The molecule has 166 valence electrons. The van der Waals surface area contributed by atoms with Gasteiger partial charge in [0, 0.05) is 47.1 Å². The van der Waals surface area contributed by atoms with Gasteiger partial charge in [0.15, 0.2) is 0 Å². The second kappa shape index (κ2) is 9.30. The van der Waals surface area contributed by atoms with E-state index >= 15 is 0 Å². The van der Waals surface area contributed by atoms with Crippen molar-refractivity contribution in [1.82, 2.24) is 0 Å². The zero-order valence-corrected chi connectivity index (χ0v) is 16.5. The van der Waals surface area contributed by atoms with E-state index in [2.05, 4.69) is 10.6 Å². The highest BCUT2D eigenvalue weighted by Crippen LogP contribution is 2.29. The number of anilines is 2. The Balaban J connectivity index is 1.87.